The Balaban J connectivity index is 0.00000264. The molecule has 0 unspecified atom stereocenters. The zero-order valence-corrected chi connectivity index (χ0v) is 14.5. The van der Waals surface area contributed by atoms with Crippen LogP contribution in [0.15, 0.2) is 24.3 Å². The zero-order chi connectivity index (χ0) is 15.8. The van der Waals surface area contributed by atoms with Gasteiger partial charge in [0, 0.05) is 13.1 Å². The van der Waals surface area contributed by atoms with Crippen molar-refractivity contribution >= 4 is 18.3 Å². The van der Waals surface area contributed by atoms with Gasteiger partial charge in [-0.15, -0.1) is 12.4 Å². The molecule has 0 spiro atoms. The Labute approximate surface area is 144 Å². The molecule has 130 valence electrons. The van der Waals surface area contributed by atoms with E-state index < -0.39 is 0 Å². The smallest absolute Gasteiger partial charge is 0.234 e. The highest BCUT2D eigenvalue weighted by atomic mass is 35.5. The maximum absolute atomic E-state index is 12.8. The van der Waals surface area contributed by atoms with Crippen molar-refractivity contribution in [1.29, 1.82) is 0 Å². The maximum atomic E-state index is 12.8. The molecule has 1 fully saturated rings. The van der Waals surface area contributed by atoms with Crippen molar-refractivity contribution in [2.45, 2.75) is 26.3 Å². The highest BCUT2D eigenvalue weighted by molar-refractivity contribution is 5.85. The van der Waals surface area contributed by atoms with Crippen LogP contribution in [0.2, 0.25) is 0 Å². The molecular formula is C17H27ClFN3O. The number of hydrogen-bond donors (Lipinski definition) is 2. The van der Waals surface area contributed by atoms with Gasteiger partial charge in [0.05, 0.1) is 6.54 Å². The molecule has 0 bridgehead atoms. The van der Waals surface area contributed by atoms with E-state index in [-0.39, 0.29) is 24.1 Å². The highest BCUT2D eigenvalue weighted by Crippen LogP contribution is 2.13. The summed E-state index contributed by atoms with van der Waals surface area (Å²) in [6.45, 7) is 7.01. The Kier molecular flexibility index (Phi) is 9.14. The van der Waals surface area contributed by atoms with Crippen molar-refractivity contribution in [2.75, 3.05) is 32.7 Å². The van der Waals surface area contributed by atoms with E-state index >= 15 is 0 Å². The van der Waals surface area contributed by atoms with Gasteiger partial charge >= 0.3 is 0 Å². The lowest BCUT2D eigenvalue weighted by atomic mass is 9.97. The largest absolute Gasteiger partial charge is 0.351 e. The lowest BCUT2D eigenvalue weighted by Crippen LogP contribution is -2.41. The SMILES string of the molecule is CCN(CC(=O)NCc1ccc(F)cc1)CC1CCNCC1.Cl. The molecule has 1 aromatic carbocycles. The quantitative estimate of drug-likeness (QED) is 0.797. The van der Waals surface area contributed by atoms with E-state index in [1.165, 1.54) is 25.0 Å². The topological polar surface area (TPSA) is 44.4 Å². The van der Waals surface area contributed by atoms with Crippen molar-refractivity contribution in [3.63, 3.8) is 0 Å². The van der Waals surface area contributed by atoms with Gasteiger partial charge in [-0.2, -0.15) is 0 Å². The first-order valence-electron chi connectivity index (χ1n) is 8.11. The summed E-state index contributed by atoms with van der Waals surface area (Å²) in [5.74, 6) is 0.459. The Hall–Kier alpha value is -1.17. The molecule has 0 radical (unpaired) electrons. The minimum Gasteiger partial charge on any atom is -0.351 e. The molecule has 0 atom stereocenters. The van der Waals surface area contributed by atoms with Gasteiger partial charge in [0.25, 0.3) is 0 Å². The lowest BCUT2D eigenvalue weighted by Gasteiger charge is -2.28. The van der Waals surface area contributed by atoms with Gasteiger partial charge in [0.15, 0.2) is 0 Å². The summed E-state index contributed by atoms with van der Waals surface area (Å²) in [6.07, 6.45) is 2.38. The molecule has 23 heavy (non-hydrogen) atoms. The van der Waals surface area contributed by atoms with Gasteiger partial charge in [0.2, 0.25) is 5.91 Å². The fraction of sp³-hybridized carbons (Fsp3) is 0.588. The number of rotatable bonds is 7. The van der Waals surface area contributed by atoms with Crippen LogP contribution in [0.1, 0.15) is 25.3 Å². The molecular weight excluding hydrogens is 317 g/mol. The van der Waals surface area contributed by atoms with Gasteiger partial charge in [-0.05, 0) is 56.1 Å². The third-order valence-electron chi connectivity index (χ3n) is 4.19. The molecule has 2 N–H and O–H groups in total. The van der Waals surface area contributed by atoms with Crippen LogP contribution in [0, 0.1) is 11.7 Å². The number of carbonyl (C=O) groups is 1. The second-order valence-corrected chi connectivity index (χ2v) is 5.92. The van der Waals surface area contributed by atoms with Gasteiger partial charge < -0.3 is 10.6 Å². The molecule has 1 aliphatic heterocycles. The standard InChI is InChI=1S/C17H26FN3O.ClH/c1-2-21(12-15-7-9-19-10-8-15)13-17(22)20-11-14-3-5-16(18)6-4-14;/h3-6,15,19H,2,7-13H2,1H3,(H,20,22);1H. The minimum atomic E-state index is -0.255. The van der Waals surface area contributed by atoms with E-state index in [1.807, 2.05) is 0 Å². The second kappa shape index (κ2) is 10.6. The van der Waals surface area contributed by atoms with Gasteiger partial charge in [-0.25, -0.2) is 4.39 Å². The fourth-order valence-corrected chi connectivity index (χ4v) is 2.80. The normalized spacial score (nSPS) is 15.3. The summed E-state index contributed by atoms with van der Waals surface area (Å²) in [5, 5.41) is 6.27. The van der Waals surface area contributed by atoms with Crippen LogP contribution in [0.4, 0.5) is 4.39 Å². The van der Waals surface area contributed by atoms with Crippen LogP contribution in [0.3, 0.4) is 0 Å². The molecule has 0 aromatic heterocycles. The molecule has 1 amide bonds. The van der Waals surface area contributed by atoms with Crippen LogP contribution in [0.5, 0.6) is 0 Å². The van der Waals surface area contributed by atoms with Gasteiger partial charge in [-0.3, -0.25) is 9.69 Å². The number of piperidine rings is 1. The van der Waals surface area contributed by atoms with Gasteiger partial charge in [0.1, 0.15) is 5.82 Å². The number of nitrogens with one attached hydrogen (secondary N) is 2. The van der Waals surface area contributed by atoms with Crippen LogP contribution in [-0.4, -0.2) is 43.5 Å². The molecule has 1 aromatic rings. The van der Waals surface area contributed by atoms with Crippen molar-refractivity contribution in [1.82, 2.24) is 15.5 Å². The number of halogens is 2. The van der Waals surface area contributed by atoms with Crippen molar-refractivity contribution in [3.05, 3.63) is 35.6 Å². The van der Waals surface area contributed by atoms with Crippen molar-refractivity contribution in [2.24, 2.45) is 5.92 Å². The maximum Gasteiger partial charge on any atom is 0.234 e. The monoisotopic (exact) mass is 343 g/mol. The van der Waals surface area contributed by atoms with Crippen molar-refractivity contribution in [3.8, 4) is 0 Å². The fourth-order valence-electron chi connectivity index (χ4n) is 2.80. The first-order chi connectivity index (χ1) is 10.7. The average molecular weight is 344 g/mol. The Morgan fingerprint density at radius 2 is 1.96 bits per heavy atom. The summed E-state index contributed by atoms with van der Waals surface area (Å²) < 4.78 is 12.8. The molecule has 6 heteroatoms. The number of amides is 1. The summed E-state index contributed by atoms with van der Waals surface area (Å²) in [4.78, 5) is 14.3. The average Bonchev–Trinajstić information content (AvgIpc) is 2.54. The van der Waals surface area contributed by atoms with E-state index in [2.05, 4.69) is 22.5 Å². The number of carbonyl (C=O) groups excluding carboxylic acids is 1. The molecule has 4 nitrogen and oxygen atoms in total. The summed E-state index contributed by atoms with van der Waals surface area (Å²) in [7, 11) is 0. The predicted octanol–water partition coefficient (Wildman–Crippen LogP) is 2.19. The second-order valence-electron chi connectivity index (χ2n) is 5.92. The lowest BCUT2D eigenvalue weighted by molar-refractivity contribution is -0.122. The molecule has 1 saturated heterocycles. The zero-order valence-electron chi connectivity index (χ0n) is 13.7. The van der Waals surface area contributed by atoms with E-state index in [0.29, 0.717) is 19.0 Å². The van der Waals surface area contributed by atoms with Crippen LogP contribution >= 0.6 is 12.4 Å². The van der Waals surface area contributed by atoms with E-state index in [0.717, 1.165) is 31.7 Å². The van der Waals surface area contributed by atoms with Crippen LogP contribution in [-0.2, 0) is 11.3 Å². The van der Waals surface area contributed by atoms with Crippen molar-refractivity contribution < 1.29 is 9.18 Å². The molecule has 1 aliphatic rings. The van der Waals surface area contributed by atoms with E-state index in [4.69, 9.17) is 0 Å². The Morgan fingerprint density at radius 1 is 1.30 bits per heavy atom. The molecule has 0 aliphatic carbocycles. The van der Waals surface area contributed by atoms with Crippen LogP contribution < -0.4 is 10.6 Å². The first kappa shape index (κ1) is 19.9. The predicted molar refractivity (Wildman–Crippen MR) is 93.2 cm³/mol. The molecule has 1 heterocycles. The third-order valence-corrected chi connectivity index (χ3v) is 4.19. The van der Waals surface area contributed by atoms with Gasteiger partial charge in [-0.1, -0.05) is 19.1 Å². The third kappa shape index (κ3) is 7.29. The van der Waals surface area contributed by atoms with Crippen LogP contribution in [0.25, 0.3) is 0 Å². The number of hydrogen-bond acceptors (Lipinski definition) is 3. The Bertz CT molecular complexity index is 463. The number of likely N-dealkylation sites (N-methyl/N-ethyl adjacent to an activating group) is 1. The molecule has 0 saturated carbocycles. The molecule has 2 rings (SSSR count). The summed E-state index contributed by atoms with van der Waals surface area (Å²) in [6, 6.07) is 6.22. The number of nitrogens with zero attached hydrogens (tertiary/aromatic N) is 1. The number of benzene rings is 1. The van der Waals surface area contributed by atoms with E-state index in [1.54, 1.807) is 12.1 Å². The first-order valence-corrected chi connectivity index (χ1v) is 8.11. The summed E-state index contributed by atoms with van der Waals surface area (Å²) >= 11 is 0. The highest BCUT2D eigenvalue weighted by Gasteiger charge is 2.17. The Morgan fingerprint density at radius 3 is 2.57 bits per heavy atom. The minimum absolute atomic E-state index is 0. The summed E-state index contributed by atoms with van der Waals surface area (Å²) in [5.41, 5.74) is 0.913. The van der Waals surface area contributed by atoms with E-state index in [9.17, 15) is 9.18 Å².